The number of benzene rings is 6. The summed E-state index contributed by atoms with van der Waals surface area (Å²) >= 11 is 0. The molecule has 0 aliphatic heterocycles. The van der Waals surface area contributed by atoms with Gasteiger partial charge in [0, 0.05) is 69.9 Å². The molecule has 0 fully saturated rings. The van der Waals surface area contributed by atoms with E-state index in [1.54, 1.807) is 48.5 Å². The molecule has 4 N–H and O–H groups in total. The number of fused-ring (bicyclic) bond motifs is 1. The third-order valence-electron chi connectivity index (χ3n) is 7.20. The smallest absolute Gasteiger partial charge is 0.339 e. The molecule has 0 heterocycles. The first-order valence-corrected chi connectivity index (χ1v) is 15.8. The standard InChI is InChI=1S/C35H24N6O7S.2Na/c42-27-12-9-25(10-13-27)38-41-33-17-16-32(29-15-14-28(20-30(29)33)49(46,47)48)40-37-24-7-3-22(4-8-24)21-1-5-23(6-2-21)36-39-26-11-18-34(43)31(19-26)35(44)45;;/h1-20,42-43H,(H,44,45)(H,46,47,48);;. The van der Waals surface area contributed by atoms with Crippen LogP contribution in [0.15, 0.2) is 157 Å². The molecule has 0 aromatic heterocycles. The number of aromatic carboxylic acids is 1. The molecule has 0 aliphatic rings. The average Bonchev–Trinajstić information content (AvgIpc) is 3.10. The molecule has 6 aromatic rings. The van der Waals surface area contributed by atoms with E-state index < -0.39 is 16.1 Å². The molecule has 0 bridgehead atoms. The number of carboxylic acid groups (broad SMARTS) is 1. The van der Waals surface area contributed by atoms with Gasteiger partial charge in [-0.3, -0.25) is 4.55 Å². The molecular weight excluding hydrogens is 694 g/mol. The summed E-state index contributed by atoms with van der Waals surface area (Å²) in [7, 11) is -4.49. The predicted molar refractivity (Wildman–Crippen MR) is 193 cm³/mol. The molecule has 16 heteroatoms. The minimum Gasteiger partial charge on any atom is -0.508 e. The van der Waals surface area contributed by atoms with Crippen molar-refractivity contribution in [3.05, 3.63) is 127 Å². The Morgan fingerprint density at radius 3 is 1.47 bits per heavy atom. The predicted octanol–water partition coefficient (Wildman–Crippen LogP) is 9.35. The quantitative estimate of drug-likeness (QED) is 0.0646. The third-order valence-corrected chi connectivity index (χ3v) is 8.05. The van der Waals surface area contributed by atoms with E-state index in [0.717, 1.165) is 11.1 Å². The molecule has 6 rings (SSSR count). The summed E-state index contributed by atoms with van der Waals surface area (Å²) < 4.78 is 33.4. The van der Waals surface area contributed by atoms with Crippen molar-refractivity contribution in [2.75, 3.05) is 0 Å². The van der Waals surface area contributed by atoms with Gasteiger partial charge in [0.05, 0.1) is 39.0 Å². The molecule has 0 atom stereocenters. The van der Waals surface area contributed by atoms with Crippen LogP contribution in [0, 0.1) is 0 Å². The largest absolute Gasteiger partial charge is 0.508 e. The van der Waals surface area contributed by atoms with E-state index in [0.29, 0.717) is 39.2 Å². The molecule has 0 saturated carbocycles. The summed E-state index contributed by atoms with van der Waals surface area (Å²) in [6.45, 7) is 0. The van der Waals surface area contributed by atoms with Gasteiger partial charge in [0.15, 0.2) is 0 Å². The Hall–Kier alpha value is -4.64. The Morgan fingerprint density at radius 1 is 0.510 bits per heavy atom. The van der Waals surface area contributed by atoms with Crippen LogP contribution >= 0.6 is 0 Å². The second kappa shape index (κ2) is 17.0. The van der Waals surface area contributed by atoms with Crippen LogP contribution in [0.25, 0.3) is 21.9 Å². The Kier molecular flexibility index (Phi) is 13.1. The van der Waals surface area contributed by atoms with Crippen molar-refractivity contribution >= 4 is 120 Å². The van der Waals surface area contributed by atoms with Gasteiger partial charge in [0.25, 0.3) is 10.1 Å². The van der Waals surface area contributed by atoms with Crippen LogP contribution in [-0.2, 0) is 10.1 Å². The maximum absolute atomic E-state index is 11.9. The zero-order valence-electron chi connectivity index (χ0n) is 27.2. The Labute approximate surface area is 335 Å². The van der Waals surface area contributed by atoms with Crippen LogP contribution in [0.2, 0.25) is 0 Å². The second-order valence-electron chi connectivity index (χ2n) is 10.5. The van der Waals surface area contributed by atoms with Gasteiger partial charge < -0.3 is 15.3 Å². The SMILES string of the molecule is O=C(O)c1cc(N=Nc2ccc(-c3ccc(N=Nc4ccc(N=Nc5ccc(O)cc5)c5cc(S(=O)(=O)O)ccc45)cc3)cc2)ccc1O.[Na].[Na]. The van der Waals surface area contributed by atoms with E-state index in [1.807, 2.05) is 24.3 Å². The van der Waals surface area contributed by atoms with E-state index in [1.165, 1.54) is 48.5 Å². The molecule has 2 radical (unpaired) electrons. The van der Waals surface area contributed by atoms with Crippen LogP contribution in [0.3, 0.4) is 0 Å². The number of hydrogen-bond acceptors (Lipinski definition) is 11. The number of azo groups is 3. The van der Waals surface area contributed by atoms with E-state index in [-0.39, 0.29) is 86.8 Å². The molecular formula is C35H24N6Na2O7S. The number of phenolic OH excluding ortho intramolecular Hbond substituents is 1. The van der Waals surface area contributed by atoms with Crippen LogP contribution in [0.1, 0.15) is 10.4 Å². The number of nitrogens with zero attached hydrogens (tertiary/aromatic N) is 6. The minimum atomic E-state index is -4.49. The molecule has 51 heavy (non-hydrogen) atoms. The van der Waals surface area contributed by atoms with Crippen molar-refractivity contribution in [1.29, 1.82) is 0 Å². The average molecular weight is 719 g/mol. The molecule has 0 amide bonds. The van der Waals surface area contributed by atoms with Crippen LogP contribution < -0.4 is 0 Å². The van der Waals surface area contributed by atoms with E-state index in [9.17, 15) is 28.0 Å². The summed E-state index contributed by atoms with van der Waals surface area (Å²) in [4.78, 5) is 10.9. The maximum Gasteiger partial charge on any atom is 0.339 e. The molecule has 13 nitrogen and oxygen atoms in total. The maximum atomic E-state index is 11.9. The van der Waals surface area contributed by atoms with Crippen LogP contribution in [-0.4, -0.2) is 93.4 Å². The zero-order chi connectivity index (χ0) is 34.5. The third kappa shape index (κ3) is 9.78. The number of phenols is 2. The van der Waals surface area contributed by atoms with Gasteiger partial charge in [0.2, 0.25) is 0 Å². The van der Waals surface area contributed by atoms with Gasteiger partial charge in [0.1, 0.15) is 17.1 Å². The van der Waals surface area contributed by atoms with E-state index in [2.05, 4.69) is 30.7 Å². The Bertz CT molecular complexity index is 2410. The fourth-order valence-corrected chi connectivity index (χ4v) is 5.19. The van der Waals surface area contributed by atoms with E-state index in [4.69, 9.17) is 5.11 Å². The Morgan fingerprint density at radius 2 is 0.961 bits per heavy atom. The summed E-state index contributed by atoms with van der Waals surface area (Å²) in [5, 5.41) is 54.6. The molecule has 244 valence electrons. The molecule has 6 aromatic carbocycles. The van der Waals surface area contributed by atoms with Crippen molar-refractivity contribution in [2.45, 2.75) is 4.90 Å². The van der Waals surface area contributed by atoms with Gasteiger partial charge in [-0.2, -0.15) is 28.9 Å². The summed E-state index contributed by atoms with van der Waals surface area (Å²) in [6.07, 6.45) is 0. The van der Waals surface area contributed by atoms with Gasteiger partial charge in [-0.1, -0.05) is 30.3 Å². The number of carboxylic acids is 1. The summed E-state index contributed by atoms with van der Waals surface area (Å²) in [5.41, 5.74) is 4.15. The Balaban J connectivity index is 0.00000292. The van der Waals surface area contributed by atoms with Gasteiger partial charge in [-0.25, -0.2) is 4.79 Å². The monoisotopic (exact) mass is 718 g/mol. The summed E-state index contributed by atoms with van der Waals surface area (Å²) in [5.74, 6) is -1.54. The van der Waals surface area contributed by atoms with Crippen molar-refractivity contribution in [3.63, 3.8) is 0 Å². The van der Waals surface area contributed by atoms with Crippen molar-refractivity contribution in [3.8, 4) is 22.6 Å². The zero-order valence-corrected chi connectivity index (χ0v) is 32.0. The van der Waals surface area contributed by atoms with Crippen molar-refractivity contribution in [2.24, 2.45) is 30.7 Å². The normalized spacial score (nSPS) is 11.5. The van der Waals surface area contributed by atoms with E-state index >= 15 is 0 Å². The topological polar surface area (TPSA) is 206 Å². The molecule has 0 saturated heterocycles. The van der Waals surface area contributed by atoms with Gasteiger partial charge >= 0.3 is 5.97 Å². The number of rotatable bonds is 9. The van der Waals surface area contributed by atoms with Crippen molar-refractivity contribution in [1.82, 2.24) is 0 Å². The second-order valence-corrected chi connectivity index (χ2v) is 11.9. The summed E-state index contributed by atoms with van der Waals surface area (Å²) in [6, 6.07) is 31.9. The number of carbonyl (C=O) groups is 1. The molecule has 0 unspecified atom stereocenters. The molecule has 0 aliphatic carbocycles. The number of hydrogen-bond donors (Lipinski definition) is 4. The molecule has 0 spiro atoms. The number of aromatic hydroxyl groups is 2. The fourth-order valence-electron chi connectivity index (χ4n) is 4.69. The fraction of sp³-hybridized carbons (Fsp3) is 0. The van der Waals surface area contributed by atoms with Gasteiger partial charge in [-0.15, -0.1) is 10.2 Å². The van der Waals surface area contributed by atoms with Crippen LogP contribution in [0.5, 0.6) is 11.5 Å². The van der Waals surface area contributed by atoms with Crippen molar-refractivity contribution < 1.29 is 33.1 Å². The minimum absolute atomic E-state index is 0. The first-order valence-electron chi connectivity index (χ1n) is 14.4. The van der Waals surface area contributed by atoms with Crippen LogP contribution in [0.4, 0.5) is 34.1 Å². The van der Waals surface area contributed by atoms with Gasteiger partial charge in [-0.05, 0) is 102 Å². The first-order chi connectivity index (χ1) is 23.5. The first kappa shape index (κ1) is 39.2.